The van der Waals surface area contributed by atoms with Gasteiger partial charge in [0.1, 0.15) is 0 Å². The number of hydrogen-bond acceptors (Lipinski definition) is 1. The number of hydrogen-bond donors (Lipinski definition) is 1. The van der Waals surface area contributed by atoms with Gasteiger partial charge in [-0.1, -0.05) is 71.9 Å². The van der Waals surface area contributed by atoms with Crippen LogP contribution < -0.4 is 0 Å². The van der Waals surface area contributed by atoms with Crippen molar-refractivity contribution in [2.24, 2.45) is 0 Å². The fourth-order valence-electron chi connectivity index (χ4n) is 3.91. The van der Waals surface area contributed by atoms with Crippen LogP contribution >= 0.6 is 0 Å². The van der Waals surface area contributed by atoms with Crippen molar-refractivity contribution in [3.05, 3.63) is 58.1 Å². The Morgan fingerprint density at radius 1 is 0.875 bits per heavy atom. The van der Waals surface area contributed by atoms with Crippen LogP contribution in [0.5, 0.6) is 0 Å². The highest BCUT2D eigenvalue weighted by Gasteiger charge is 2.27. The van der Waals surface area contributed by atoms with Gasteiger partial charge in [-0.2, -0.15) is 0 Å². The highest BCUT2D eigenvalue weighted by molar-refractivity contribution is 5.79. The third kappa shape index (κ3) is 2.91. The molecule has 1 aliphatic carbocycles. The molecular formula is C23H30O. The predicted octanol–water partition coefficient (Wildman–Crippen LogP) is 5.39. The second-order valence-electron chi connectivity index (χ2n) is 9.14. The molecule has 0 radical (unpaired) electrons. The summed E-state index contributed by atoms with van der Waals surface area (Å²) in [6.45, 7) is 13.8. The van der Waals surface area contributed by atoms with Crippen molar-refractivity contribution < 1.29 is 5.11 Å². The van der Waals surface area contributed by atoms with Crippen molar-refractivity contribution in [1.29, 1.82) is 0 Å². The van der Waals surface area contributed by atoms with Gasteiger partial charge in [-0.25, -0.2) is 0 Å². The van der Waals surface area contributed by atoms with Crippen molar-refractivity contribution in [1.82, 2.24) is 0 Å². The molecule has 0 aliphatic heterocycles. The molecule has 0 spiro atoms. The van der Waals surface area contributed by atoms with Crippen molar-refractivity contribution >= 4 is 0 Å². The van der Waals surface area contributed by atoms with E-state index in [1.54, 1.807) is 0 Å². The maximum Gasteiger partial charge on any atom is 0.0471 e. The van der Waals surface area contributed by atoms with Crippen LogP contribution in [-0.2, 0) is 23.7 Å². The topological polar surface area (TPSA) is 20.2 Å². The molecule has 0 amide bonds. The summed E-state index contributed by atoms with van der Waals surface area (Å²) in [5.41, 5.74) is 10.0. The van der Waals surface area contributed by atoms with Gasteiger partial charge in [0.15, 0.2) is 0 Å². The molecular weight excluding hydrogens is 292 g/mol. The van der Waals surface area contributed by atoms with Gasteiger partial charge in [-0.3, -0.25) is 0 Å². The lowest BCUT2D eigenvalue weighted by Gasteiger charge is -2.25. The van der Waals surface area contributed by atoms with Crippen molar-refractivity contribution in [3.8, 4) is 11.1 Å². The molecule has 0 unspecified atom stereocenters. The lowest BCUT2D eigenvalue weighted by atomic mass is 9.80. The van der Waals surface area contributed by atoms with Crippen molar-refractivity contribution in [2.45, 2.75) is 65.2 Å². The summed E-state index contributed by atoms with van der Waals surface area (Å²) in [5.74, 6) is 0. The first-order chi connectivity index (χ1) is 11.1. The number of rotatable bonds is 2. The van der Waals surface area contributed by atoms with Crippen LogP contribution in [0.1, 0.15) is 69.4 Å². The molecule has 0 heterocycles. The van der Waals surface area contributed by atoms with E-state index in [9.17, 15) is 5.11 Å². The van der Waals surface area contributed by atoms with Gasteiger partial charge < -0.3 is 5.11 Å². The van der Waals surface area contributed by atoms with E-state index in [1.807, 2.05) is 0 Å². The fraction of sp³-hybridized carbons (Fsp3) is 0.478. The van der Waals surface area contributed by atoms with Gasteiger partial charge >= 0.3 is 0 Å². The van der Waals surface area contributed by atoms with Gasteiger partial charge in [0.2, 0.25) is 0 Å². The lowest BCUT2D eigenvalue weighted by Crippen LogP contribution is -2.16. The summed E-state index contributed by atoms with van der Waals surface area (Å²) < 4.78 is 0. The van der Waals surface area contributed by atoms with Gasteiger partial charge in [0.05, 0.1) is 0 Å². The molecule has 0 saturated heterocycles. The van der Waals surface area contributed by atoms with Crippen LogP contribution in [0.15, 0.2) is 30.3 Å². The van der Waals surface area contributed by atoms with E-state index >= 15 is 0 Å². The maximum atomic E-state index is 9.61. The molecule has 1 aliphatic rings. The molecule has 3 rings (SSSR count). The zero-order valence-corrected chi connectivity index (χ0v) is 16.0. The Labute approximate surface area is 146 Å². The largest absolute Gasteiger partial charge is 0.396 e. The maximum absolute atomic E-state index is 9.61. The van der Waals surface area contributed by atoms with E-state index < -0.39 is 0 Å². The molecule has 1 heteroatoms. The minimum absolute atomic E-state index is 0.102. The number of aliphatic hydroxyl groups excluding tert-OH is 1. The molecule has 0 atom stereocenters. The van der Waals surface area contributed by atoms with Gasteiger partial charge in [0.25, 0.3) is 0 Å². The SMILES string of the molecule is CC(C)(C)c1ccc2c(c1)Cc1c-2ccc(C(C)(C)C)c1CCO. The van der Waals surface area contributed by atoms with E-state index in [-0.39, 0.29) is 17.4 Å². The first kappa shape index (κ1) is 17.2. The zero-order chi connectivity index (χ0) is 17.7. The highest BCUT2D eigenvalue weighted by atomic mass is 16.2. The fourth-order valence-corrected chi connectivity index (χ4v) is 3.91. The Bertz CT molecular complexity index is 770. The molecule has 1 N–H and O–H groups in total. The van der Waals surface area contributed by atoms with Crippen LogP contribution in [0.3, 0.4) is 0 Å². The van der Waals surface area contributed by atoms with E-state index in [0.717, 1.165) is 12.8 Å². The zero-order valence-electron chi connectivity index (χ0n) is 16.0. The smallest absolute Gasteiger partial charge is 0.0471 e. The normalized spacial score (nSPS) is 13.8. The minimum Gasteiger partial charge on any atom is -0.396 e. The van der Waals surface area contributed by atoms with E-state index in [4.69, 9.17) is 0 Å². The van der Waals surface area contributed by atoms with Crippen molar-refractivity contribution in [2.75, 3.05) is 6.61 Å². The molecule has 2 aromatic rings. The second-order valence-corrected chi connectivity index (χ2v) is 9.14. The molecule has 0 fully saturated rings. The average molecular weight is 322 g/mol. The Balaban J connectivity index is 2.15. The standard InChI is InChI=1S/C23H30O/c1-22(2,3)16-7-8-17-15(13-16)14-20-18(17)9-10-21(23(4,5)6)19(20)11-12-24/h7-10,13,24H,11-12,14H2,1-6H3. The number of aliphatic hydroxyl groups is 1. The van der Waals surface area contributed by atoms with E-state index in [1.165, 1.54) is 38.9 Å². The van der Waals surface area contributed by atoms with E-state index in [2.05, 4.69) is 71.9 Å². The Hall–Kier alpha value is -1.60. The average Bonchev–Trinajstić information content (AvgIpc) is 2.84. The van der Waals surface area contributed by atoms with Gasteiger partial charge in [0, 0.05) is 6.61 Å². The summed E-state index contributed by atoms with van der Waals surface area (Å²) in [5, 5.41) is 9.61. The summed E-state index contributed by atoms with van der Waals surface area (Å²) in [7, 11) is 0. The van der Waals surface area contributed by atoms with Crippen LogP contribution in [0, 0.1) is 0 Å². The molecule has 0 aromatic heterocycles. The number of fused-ring (bicyclic) bond motifs is 3. The number of benzene rings is 2. The van der Waals surface area contributed by atoms with Crippen LogP contribution in [0.4, 0.5) is 0 Å². The first-order valence-corrected chi connectivity index (χ1v) is 9.03. The molecule has 2 aromatic carbocycles. The van der Waals surface area contributed by atoms with Gasteiger partial charge in [-0.05, 0) is 62.6 Å². The second kappa shape index (κ2) is 5.74. The molecule has 128 valence electrons. The van der Waals surface area contributed by atoms with Crippen LogP contribution in [-0.4, -0.2) is 11.7 Å². The van der Waals surface area contributed by atoms with E-state index in [0.29, 0.717) is 0 Å². The highest BCUT2D eigenvalue weighted by Crippen LogP contribution is 2.43. The van der Waals surface area contributed by atoms with Crippen LogP contribution in [0.25, 0.3) is 11.1 Å². The Morgan fingerprint density at radius 2 is 1.54 bits per heavy atom. The summed E-state index contributed by atoms with van der Waals surface area (Å²) >= 11 is 0. The summed E-state index contributed by atoms with van der Waals surface area (Å²) in [6, 6.07) is 11.5. The third-order valence-electron chi connectivity index (χ3n) is 5.23. The molecule has 0 saturated carbocycles. The Kier molecular flexibility index (Phi) is 4.12. The Morgan fingerprint density at radius 3 is 2.12 bits per heavy atom. The molecule has 24 heavy (non-hydrogen) atoms. The quantitative estimate of drug-likeness (QED) is 0.671. The predicted molar refractivity (Wildman–Crippen MR) is 103 cm³/mol. The van der Waals surface area contributed by atoms with Gasteiger partial charge in [-0.15, -0.1) is 0 Å². The van der Waals surface area contributed by atoms with Crippen molar-refractivity contribution in [3.63, 3.8) is 0 Å². The van der Waals surface area contributed by atoms with Crippen LogP contribution in [0.2, 0.25) is 0 Å². The minimum atomic E-state index is 0.102. The monoisotopic (exact) mass is 322 g/mol. The molecule has 1 nitrogen and oxygen atoms in total. The first-order valence-electron chi connectivity index (χ1n) is 9.03. The molecule has 0 bridgehead atoms. The summed E-state index contributed by atoms with van der Waals surface area (Å²) in [4.78, 5) is 0. The third-order valence-corrected chi connectivity index (χ3v) is 5.23. The summed E-state index contributed by atoms with van der Waals surface area (Å²) in [6.07, 6.45) is 1.74. The lowest BCUT2D eigenvalue weighted by molar-refractivity contribution is 0.298.